The van der Waals surface area contributed by atoms with Crippen molar-refractivity contribution in [1.29, 1.82) is 0 Å². The van der Waals surface area contributed by atoms with E-state index in [4.69, 9.17) is 13.2 Å². The van der Waals surface area contributed by atoms with E-state index in [0.717, 1.165) is 0 Å². The molecule has 0 aliphatic rings. The summed E-state index contributed by atoms with van der Waals surface area (Å²) in [5.41, 5.74) is -0.420. The maximum atomic E-state index is 10.4. The van der Waals surface area contributed by atoms with Gasteiger partial charge >= 0.3 is 0 Å². The third kappa shape index (κ3) is 4.29. The van der Waals surface area contributed by atoms with Crippen LogP contribution in [0.2, 0.25) is 0 Å². The predicted molar refractivity (Wildman–Crippen MR) is 31.0 cm³/mol. The van der Waals surface area contributed by atoms with Crippen molar-refractivity contribution in [3.05, 3.63) is 23.7 Å². The molecule has 0 aromatic carbocycles. The topological polar surface area (TPSA) is 30.7 Å². The third-order valence-corrected chi connectivity index (χ3v) is 0.605. The Bertz CT molecular complexity index is 171. The van der Waals surface area contributed by atoms with Gasteiger partial charge in [0.2, 0.25) is 0 Å². The number of carbonyl (C=O) groups is 1. The van der Waals surface area contributed by atoms with Crippen LogP contribution < -0.4 is 0 Å². The largest absolute Gasteiger partial charge is 0.556 e. The number of nitrogens with zero attached hydrogens (tertiary/aromatic N) is 1. The zero-order chi connectivity index (χ0) is 7.28. The van der Waals surface area contributed by atoms with Crippen molar-refractivity contribution in [3.8, 4) is 0 Å². The molecule has 4 heteroatoms. The fourth-order valence-electron chi connectivity index (χ4n) is 0.251. The monoisotopic (exact) mass is 308 g/mol. The molecule has 3 nitrogen and oxygen atoms in total. The van der Waals surface area contributed by atoms with Gasteiger partial charge in [-0.25, -0.2) is 0 Å². The molecule has 0 spiro atoms. The van der Waals surface area contributed by atoms with Crippen LogP contribution in [0, 0.1) is 13.2 Å². The molecule has 10 heavy (non-hydrogen) atoms. The number of hydrogen-bond donors (Lipinski definition) is 0. The van der Waals surface area contributed by atoms with E-state index in [0.29, 0.717) is 0 Å². The summed E-state index contributed by atoms with van der Waals surface area (Å²) < 4.78 is 4.38. The number of carbonyl (C=O) groups excluding carboxylic acids is 1. The Labute approximate surface area is 74.1 Å². The van der Waals surface area contributed by atoms with E-state index >= 15 is 0 Å². The van der Waals surface area contributed by atoms with Crippen LogP contribution in [0.15, 0.2) is 5.70 Å². The second-order valence-corrected chi connectivity index (χ2v) is 1.22. The summed E-state index contributed by atoms with van der Waals surface area (Å²) in [5.74, 6) is -0.743. The summed E-state index contributed by atoms with van der Waals surface area (Å²) in [6.45, 7) is 13.1. The van der Waals surface area contributed by atoms with Crippen molar-refractivity contribution in [2.24, 2.45) is 0 Å². The van der Waals surface area contributed by atoms with E-state index in [9.17, 15) is 4.79 Å². The summed E-state index contributed by atoms with van der Waals surface area (Å²) in [6.07, 6.45) is 0. The van der Waals surface area contributed by atoms with Gasteiger partial charge in [0.05, 0.1) is 18.9 Å². The molecule has 0 radical (unpaired) electrons. The van der Waals surface area contributed by atoms with E-state index in [1.54, 1.807) is 6.92 Å². The molecule has 0 amide bonds. The number of ether oxygens (including phenoxy) is 1. The molecule has 0 fully saturated rings. The van der Waals surface area contributed by atoms with Crippen LogP contribution in [0.3, 0.4) is 0 Å². The molecule has 0 aliphatic carbocycles. The van der Waals surface area contributed by atoms with E-state index in [2.05, 4.69) is 9.58 Å². The summed E-state index contributed by atoms with van der Waals surface area (Å²) >= 11 is 0. The van der Waals surface area contributed by atoms with Crippen LogP contribution in [-0.2, 0) is 30.6 Å². The number of esters is 1. The minimum atomic E-state index is -0.743. The molecule has 54 valence electrons. The van der Waals surface area contributed by atoms with Gasteiger partial charge in [-0.05, 0) is 6.92 Å². The summed E-state index contributed by atoms with van der Waals surface area (Å²) in [7, 11) is 0. The van der Waals surface area contributed by atoms with Crippen LogP contribution in [-0.4, -0.2) is 12.6 Å². The maximum Gasteiger partial charge on any atom is 0.168 e. The molecule has 0 atom stereocenters. The molecule has 0 heterocycles. The Hall–Kier alpha value is -0.612. The molecule has 0 saturated heterocycles. The zero-order valence-corrected chi connectivity index (χ0v) is 8.39. The molecule has 0 aromatic heterocycles. The zero-order valence-electron chi connectivity index (χ0n) is 5.46. The average Bonchev–Trinajstić information content (AvgIpc) is 1.87. The molecule has 0 rings (SSSR count). The van der Waals surface area contributed by atoms with Gasteiger partial charge in [-0.3, -0.25) is 11.4 Å². The van der Waals surface area contributed by atoms with Crippen molar-refractivity contribution >= 4 is 5.97 Å². The minimum Gasteiger partial charge on any atom is -0.556 e. The molecule has 0 N–H and O–H groups in total. The van der Waals surface area contributed by atoms with Gasteiger partial charge in [0.1, 0.15) is 0 Å². The van der Waals surface area contributed by atoms with Crippen LogP contribution in [0.4, 0.5) is 0 Å². The van der Waals surface area contributed by atoms with Crippen LogP contribution >= 0.6 is 0 Å². The van der Waals surface area contributed by atoms with Crippen molar-refractivity contribution in [3.63, 3.8) is 0 Å². The van der Waals surface area contributed by atoms with Crippen LogP contribution in [0.25, 0.3) is 4.85 Å². The van der Waals surface area contributed by atoms with E-state index in [1.807, 2.05) is 0 Å². The first-order valence-electron chi connectivity index (χ1n) is 2.39. The summed E-state index contributed by atoms with van der Waals surface area (Å²) in [5, 5.41) is 0. The van der Waals surface area contributed by atoms with Gasteiger partial charge in [0, 0.05) is 21.1 Å². The van der Waals surface area contributed by atoms with Gasteiger partial charge in [-0.1, -0.05) is 0 Å². The van der Waals surface area contributed by atoms with Crippen LogP contribution in [0.5, 0.6) is 0 Å². The van der Waals surface area contributed by atoms with Gasteiger partial charge in [-0.2, -0.15) is 0 Å². The van der Waals surface area contributed by atoms with Crippen molar-refractivity contribution in [2.75, 3.05) is 6.61 Å². The summed E-state index contributed by atoms with van der Waals surface area (Å²) in [6, 6.07) is 0. The van der Waals surface area contributed by atoms with Crippen molar-refractivity contribution < 1.29 is 30.6 Å². The van der Waals surface area contributed by atoms with Gasteiger partial charge < -0.3 is 9.53 Å². The first-order valence-corrected chi connectivity index (χ1v) is 2.39. The van der Waals surface area contributed by atoms with E-state index < -0.39 is 11.7 Å². The fourth-order valence-corrected chi connectivity index (χ4v) is 0.251. The molecule has 0 saturated carbocycles. The smallest absolute Gasteiger partial charge is 0.168 e. The van der Waals surface area contributed by atoms with E-state index in [-0.39, 0.29) is 27.7 Å². The first kappa shape index (κ1) is 12.1. The minimum absolute atomic E-state index is 0. The Kier molecular flexibility index (Phi) is 7.88. The number of hydrogen-bond acceptors (Lipinski definition) is 2. The molecular formula is C6H6NO2W-. The Morgan fingerprint density at radius 2 is 2.30 bits per heavy atom. The molecular weight excluding hydrogens is 302 g/mol. The SMILES string of the molecule is [C-]#[N+]C(=[CH-])C(=O)OCC.[W]. The van der Waals surface area contributed by atoms with E-state index in [1.165, 1.54) is 0 Å². The Morgan fingerprint density at radius 1 is 1.80 bits per heavy atom. The predicted octanol–water partition coefficient (Wildman–Crippen LogP) is 0.783. The summed E-state index contributed by atoms with van der Waals surface area (Å²) in [4.78, 5) is 13.1. The Balaban J connectivity index is 0. The van der Waals surface area contributed by atoms with Gasteiger partial charge in [0.25, 0.3) is 0 Å². The quantitative estimate of drug-likeness (QED) is 0.429. The second kappa shape index (κ2) is 6.51. The fraction of sp³-hybridized carbons (Fsp3) is 0.333. The molecule has 0 aliphatic heterocycles. The van der Waals surface area contributed by atoms with Gasteiger partial charge in [-0.15, -0.1) is 0 Å². The van der Waals surface area contributed by atoms with Crippen molar-refractivity contribution in [2.45, 2.75) is 6.92 Å². The Morgan fingerprint density at radius 3 is 2.60 bits per heavy atom. The molecule has 0 aromatic rings. The third-order valence-electron chi connectivity index (χ3n) is 0.605. The number of rotatable bonds is 2. The van der Waals surface area contributed by atoms with Crippen molar-refractivity contribution in [1.82, 2.24) is 0 Å². The maximum absolute atomic E-state index is 10.4. The molecule has 0 unspecified atom stereocenters. The first-order chi connectivity index (χ1) is 4.22. The van der Waals surface area contributed by atoms with Gasteiger partial charge in [0.15, 0.2) is 5.97 Å². The molecule has 0 bridgehead atoms. The second-order valence-electron chi connectivity index (χ2n) is 1.22. The van der Waals surface area contributed by atoms with Crippen LogP contribution in [0.1, 0.15) is 6.92 Å². The standard InChI is InChI=1S/C6H6NO2.W/c1-4-9-6(8)5(2)7-3;/h2H,4H2,1H3;/q-1;. The normalized spacial score (nSPS) is 6.80. The average molecular weight is 308 g/mol.